The molecule has 1 amide bonds. The van der Waals surface area contributed by atoms with Gasteiger partial charge in [0, 0.05) is 23.4 Å². The fourth-order valence-electron chi connectivity index (χ4n) is 3.51. The lowest BCUT2D eigenvalue weighted by molar-refractivity contribution is -0.140. The highest BCUT2D eigenvalue weighted by molar-refractivity contribution is 7.16. The number of anilines is 1. The van der Waals surface area contributed by atoms with E-state index in [-0.39, 0.29) is 11.9 Å². The van der Waals surface area contributed by atoms with Crippen LogP contribution in [-0.2, 0) is 16.0 Å². The Bertz CT molecular complexity index is 1260. The highest BCUT2D eigenvalue weighted by Gasteiger charge is 2.15. The summed E-state index contributed by atoms with van der Waals surface area (Å²) in [6.07, 6.45) is 0.894. The van der Waals surface area contributed by atoms with Crippen molar-refractivity contribution in [3.05, 3.63) is 70.5 Å². The van der Waals surface area contributed by atoms with Gasteiger partial charge in [0.05, 0.1) is 34.2 Å². The highest BCUT2D eigenvalue weighted by Crippen LogP contribution is 2.23. The molecule has 0 saturated heterocycles. The number of nitrogens with one attached hydrogen (secondary N) is 1. The molecule has 0 aliphatic rings. The zero-order chi connectivity index (χ0) is 22.0. The number of hydrogen-bond acceptors (Lipinski definition) is 6. The molecule has 7 nitrogen and oxygen atoms in total. The number of amides is 1. The van der Waals surface area contributed by atoms with E-state index in [1.165, 1.54) is 18.4 Å². The van der Waals surface area contributed by atoms with Gasteiger partial charge in [-0.2, -0.15) is 5.10 Å². The van der Waals surface area contributed by atoms with Crippen LogP contribution in [0.3, 0.4) is 0 Å². The number of methoxy groups -OCH3 is 1. The number of nitrogens with zero attached hydrogens (tertiary/aromatic N) is 3. The first-order chi connectivity index (χ1) is 15.0. The Kier molecular flexibility index (Phi) is 5.81. The average Bonchev–Trinajstić information content (AvgIpc) is 3.35. The zero-order valence-corrected chi connectivity index (χ0v) is 18.3. The van der Waals surface area contributed by atoms with Crippen LogP contribution in [0.2, 0.25) is 0 Å². The monoisotopic (exact) mass is 434 g/mol. The maximum absolute atomic E-state index is 12.6. The lowest BCUT2D eigenvalue weighted by Crippen LogP contribution is -2.12. The molecule has 2 heterocycles. The summed E-state index contributed by atoms with van der Waals surface area (Å²) in [6.45, 7) is 3.90. The predicted molar refractivity (Wildman–Crippen MR) is 121 cm³/mol. The summed E-state index contributed by atoms with van der Waals surface area (Å²) in [7, 11) is 1.39. The minimum Gasteiger partial charge on any atom is -0.469 e. The van der Waals surface area contributed by atoms with Gasteiger partial charge in [-0.1, -0.05) is 0 Å². The molecule has 0 unspecified atom stereocenters. The summed E-state index contributed by atoms with van der Waals surface area (Å²) in [5.41, 5.74) is 7.73. The van der Waals surface area contributed by atoms with Crippen LogP contribution in [0.5, 0.6) is 0 Å². The lowest BCUT2D eigenvalue weighted by atomic mass is 10.1. The number of fused-ring (bicyclic) bond motifs is 1. The van der Waals surface area contributed by atoms with Crippen LogP contribution in [0.15, 0.2) is 48.0 Å². The van der Waals surface area contributed by atoms with Crippen LogP contribution >= 0.6 is 11.3 Å². The molecule has 8 heteroatoms. The number of ether oxygens (including phenoxy) is 1. The molecule has 0 atom stereocenters. The van der Waals surface area contributed by atoms with Gasteiger partial charge >= 0.3 is 5.97 Å². The molecule has 0 bridgehead atoms. The number of rotatable bonds is 6. The second-order valence-electron chi connectivity index (χ2n) is 7.17. The van der Waals surface area contributed by atoms with Crippen molar-refractivity contribution >= 4 is 39.1 Å². The van der Waals surface area contributed by atoms with E-state index in [0.29, 0.717) is 18.4 Å². The fourth-order valence-corrected chi connectivity index (χ4v) is 4.22. The molecule has 2 aromatic carbocycles. The van der Waals surface area contributed by atoms with Gasteiger partial charge in [-0.25, -0.2) is 9.67 Å². The molecule has 2 aromatic heterocycles. The van der Waals surface area contributed by atoms with E-state index in [2.05, 4.69) is 15.4 Å². The number of aryl methyl sites for hydroxylation is 1. The van der Waals surface area contributed by atoms with Gasteiger partial charge in [-0.15, -0.1) is 11.3 Å². The quantitative estimate of drug-likeness (QED) is 0.453. The Morgan fingerprint density at radius 3 is 2.65 bits per heavy atom. The van der Waals surface area contributed by atoms with Gasteiger partial charge in [0.15, 0.2) is 0 Å². The SMILES string of the molecule is COC(=O)CCc1c(C)nn(-c2ccc(C(=O)Nc3ccc4ncsc4c3)cc2)c1C. The van der Waals surface area contributed by atoms with Crippen molar-refractivity contribution < 1.29 is 14.3 Å². The number of carbonyl (C=O) groups excluding carboxylic acids is 2. The Labute approximate surface area is 183 Å². The van der Waals surface area contributed by atoms with Crippen molar-refractivity contribution in [2.24, 2.45) is 0 Å². The van der Waals surface area contributed by atoms with E-state index >= 15 is 0 Å². The maximum atomic E-state index is 12.6. The summed E-state index contributed by atoms with van der Waals surface area (Å²) < 4.78 is 7.59. The maximum Gasteiger partial charge on any atom is 0.305 e. The average molecular weight is 435 g/mol. The summed E-state index contributed by atoms with van der Waals surface area (Å²) in [5.74, 6) is -0.418. The molecule has 0 aliphatic carbocycles. The molecule has 1 N–H and O–H groups in total. The minimum atomic E-state index is -0.239. The van der Waals surface area contributed by atoms with Crippen molar-refractivity contribution in [2.75, 3.05) is 12.4 Å². The van der Waals surface area contributed by atoms with E-state index in [1.54, 1.807) is 17.6 Å². The molecular weight excluding hydrogens is 412 g/mol. The van der Waals surface area contributed by atoms with Gasteiger partial charge in [0.25, 0.3) is 5.91 Å². The van der Waals surface area contributed by atoms with Crippen LogP contribution in [0.1, 0.15) is 33.7 Å². The van der Waals surface area contributed by atoms with Gasteiger partial charge in [0.1, 0.15) is 0 Å². The van der Waals surface area contributed by atoms with Gasteiger partial charge in [0.2, 0.25) is 0 Å². The van der Waals surface area contributed by atoms with Crippen LogP contribution in [0, 0.1) is 13.8 Å². The first kappa shape index (κ1) is 20.7. The second-order valence-corrected chi connectivity index (χ2v) is 8.06. The largest absolute Gasteiger partial charge is 0.469 e. The van der Waals surface area contributed by atoms with Gasteiger partial charge < -0.3 is 10.1 Å². The molecule has 0 saturated carbocycles. The third kappa shape index (κ3) is 4.34. The molecule has 0 radical (unpaired) electrons. The van der Waals surface area contributed by atoms with Gasteiger partial charge in [-0.3, -0.25) is 9.59 Å². The van der Waals surface area contributed by atoms with Crippen molar-refractivity contribution in [3.63, 3.8) is 0 Å². The number of hydrogen-bond donors (Lipinski definition) is 1. The zero-order valence-electron chi connectivity index (χ0n) is 17.5. The summed E-state index contributed by atoms with van der Waals surface area (Å²) >= 11 is 1.54. The third-order valence-corrected chi connectivity index (χ3v) is 6.00. The molecular formula is C23H22N4O3S. The van der Waals surface area contributed by atoms with Crippen LogP contribution in [-0.4, -0.2) is 33.8 Å². The number of aromatic nitrogens is 3. The van der Waals surface area contributed by atoms with E-state index in [0.717, 1.165) is 38.5 Å². The second kappa shape index (κ2) is 8.69. The first-order valence-corrected chi connectivity index (χ1v) is 10.7. The van der Waals surface area contributed by atoms with Crippen molar-refractivity contribution in [2.45, 2.75) is 26.7 Å². The van der Waals surface area contributed by atoms with Crippen molar-refractivity contribution in [3.8, 4) is 5.69 Å². The van der Waals surface area contributed by atoms with Crippen molar-refractivity contribution in [1.82, 2.24) is 14.8 Å². The minimum absolute atomic E-state index is 0.178. The lowest BCUT2D eigenvalue weighted by Gasteiger charge is -2.08. The summed E-state index contributed by atoms with van der Waals surface area (Å²) in [5, 5.41) is 7.54. The van der Waals surface area contributed by atoms with Gasteiger partial charge in [-0.05, 0) is 68.3 Å². The summed E-state index contributed by atoms with van der Waals surface area (Å²) in [6, 6.07) is 13.0. The molecule has 0 fully saturated rings. The molecule has 0 aliphatic heterocycles. The topological polar surface area (TPSA) is 86.1 Å². The van der Waals surface area contributed by atoms with Crippen molar-refractivity contribution in [1.29, 1.82) is 0 Å². The molecule has 4 rings (SSSR count). The fraction of sp³-hybridized carbons (Fsp3) is 0.217. The van der Waals surface area contributed by atoms with Crippen LogP contribution in [0.25, 0.3) is 15.9 Å². The van der Waals surface area contributed by atoms with E-state index in [4.69, 9.17) is 4.74 Å². The number of benzene rings is 2. The predicted octanol–water partition coefficient (Wildman–Crippen LogP) is 4.46. The highest BCUT2D eigenvalue weighted by atomic mass is 32.1. The Morgan fingerprint density at radius 1 is 1.13 bits per heavy atom. The number of thiazole rings is 1. The first-order valence-electron chi connectivity index (χ1n) is 9.83. The number of carbonyl (C=O) groups is 2. The number of esters is 1. The molecule has 4 aromatic rings. The van der Waals surface area contributed by atoms with E-state index in [9.17, 15) is 9.59 Å². The standard InChI is InChI=1S/C23H22N4O3S/c1-14-19(9-11-22(28)30-3)15(2)27(26-14)18-7-4-16(5-8-18)23(29)25-17-6-10-20-21(12-17)31-13-24-20/h4-8,10,12-13H,9,11H2,1-3H3,(H,25,29). The molecule has 158 valence electrons. The smallest absolute Gasteiger partial charge is 0.305 e. The Hall–Kier alpha value is -3.52. The van der Waals surface area contributed by atoms with E-state index < -0.39 is 0 Å². The summed E-state index contributed by atoms with van der Waals surface area (Å²) in [4.78, 5) is 28.4. The van der Waals surface area contributed by atoms with Crippen LogP contribution in [0.4, 0.5) is 5.69 Å². The normalized spacial score (nSPS) is 10.9. The van der Waals surface area contributed by atoms with E-state index in [1.807, 2.05) is 48.9 Å². The molecule has 31 heavy (non-hydrogen) atoms. The Morgan fingerprint density at radius 2 is 1.90 bits per heavy atom. The third-order valence-electron chi connectivity index (χ3n) is 5.21. The van der Waals surface area contributed by atoms with Crippen LogP contribution < -0.4 is 5.32 Å². The Balaban J connectivity index is 1.50. The molecule has 0 spiro atoms.